The van der Waals surface area contributed by atoms with Gasteiger partial charge in [0.15, 0.2) is 0 Å². The monoisotopic (exact) mass is 255 g/mol. The van der Waals surface area contributed by atoms with E-state index in [0.29, 0.717) is 0 Å². The molecule has 66 valence electrons. The fourth-order valence-corrected chi connectivity index (χ4v) is 2.95. The molecule has 0 aliphatic rings. The van der Waals surface area contributed by atoms with Crippen LogP contribution in [0.5, 0.6) is 0 Å². The lowest BCUT2D eigenvalue weighted by atomic mass is 10.2. The van der Waals surface area contributed by atoms with Crippen molar-refractivity contribution in [1.29, 1.82) is 0 Å². The van der Waals surface area contributed by atoms with Gasteiger partial charge < -0.3 is 5.21 Å². The van der Waals surface area contributed by atoms with Gasteiger partial charge in [-0.15, -0.1) is 11.3 Å². The Morgan fingerprint density at radius 2 is 2.15 bits per heavy atom. The minimum atomic E-state index is 0.933. The van der Waals surface area contributed by atoms with Crippen molar-refractivity contribution in [2.24, 2.45) is 5.16 Å². The standard InChI is InChI=1S/C9H6BrNOS/c10-9-7(5-11-12)6-3-1-2-4-8(6)13-9/h1-5,12H/b11-5+. The third kappa shape index (κ3) is 1.47. The van der Waals surface area contributed by atoms with Crippen molar-refractivity contribution in [2.75, 3.05) is 0 Å². The maximum Gasteiger partial charge on any atom is 0.0800 e. The number of oxime groups is 1. The lowest BCUT2D eigenvalue weighted by Crippen LogP contribution is -1.77. The first-order chi connectivity index (χ1) is 6.33. The topological polar surface area (TPSA) is 32.6 Å². The molecule has 1 heterocycles. The number of hydrogen-bond donors (Lipinski definition) is 1. The van der Waals surface area contributed by atoms with E-state index in [1.165, 1.54) is 10.9 Å². The van der Waals surface area contributed by atoms with E-state index in [-0.39, 0.29) is 0 Å². The summed E-state index contributed by atoms with van der Waals surface area (Å²) in [6.45, 7) is 0. The van der Waals surface area contributed by atoms with Gasteiger partial charge in [0.05, 0.1) is 10.0 Å². The molecule has 0 aliphatic heterocycles. The minimum absolute atomic E-state index is 0.933. The number of benzene rings is 1. The highest BCUT2D eigenvalue weighted by Gasteiger charge is 2.06. The predicted octanol–water partition coefficient (Wildman–Crippen LogP) is 3.47. The minimum Gasteiger partial charge on any atom is -0.411 e. The summed E-state index contributed by atoms with van der Waals surface area (Å²) in [6.07, 6.45) is 1.45. The Morgan fingerprint density at radius 1 is 1.38 bits per heavy atom. The van der Waals surface area contributed by atoms with Crippen LogP contribution in [0.15, 0.2) is 33.2 Å². The summed E-state index contributed by atoms with van der Waals surface area (Å²) in [6, 6.07) is 8.01. The molecule has 0 bridgehead atoms. The molecule has 13 heavy (non-hydrogen) atoms. The molecule has 0 saturated heterocycles. The molecule has 1 aromatic carbocycles. The second kappa shape index (κ2) is 3.47. The first-order valence-corrected chi connectivity index (χ1v) is 5.28. The van der Waals surface area contributed by atoms with E-state index in [2.05, 4.69) is 21.1 Å². The molecule has 0 radical (unpaired) electrons. The van der Waals surface area contributed by atoms with Crippen molar-refractivity contribution >= 4 is 43.6 Å². The zero-order chi connectivity index (χ0) is 9.26. The lowest BCUT2D eigenvalue weighted by molar-refractivity contribution is 0.322. The molecule has 0 amide bonds. The third-order valence-corrected chi connectivity index (χ3v) is 3.66. The van der Waals surface area contributed by atoms with Crippen molar-refractivity contribution < 1.29 is 5.21 Å². The van der Waals surface area contributed by atoms with E-state index >= 15 is 0 Å². The van der Waals surface area contributed by atoms with Crippen LogP contribution in [0.4, 0.5) is 0 Å². The van der Waals surface area contributed by atoms with Crippen LogP contribution in [-0.4, -0.2) is 11.4 Å². The van der Waals surface area contributed by atoms with Crippen LogP contribution in [-0.2, 0) is 0 Å². The van der Waals surface area contributed by atoms with Crippen LogP contribution in [0.25, 0.3) is 10.1 Å². The summed E-state index contributed by atoms with van der Waals surface area (Å²) in [4.78, 5) is 0. The number of rotatable bonds is 1. The van der Waals surface area contributed by atoms with E-state index in [4.69, 9.17) is 5.21 Å². The quantitative estimate of drug-likeness (QED) is 0.473. The zero-order valence-electron chi connectivity index (χ0n) is 6.57. The summed E-state index contributed by atoms with van der Waals surface area (Å²) in [5, 5.41) is 12.6. The van der Waals surface area contributed by atoms with Gasteiger partial charge in [0.2, 0.25) is 0 Å². The molecule has 2 aromatic rings. The Morgan fingerprint density at radius 3 is 2.92 bits per heavy atom. The first kappa shape index (κ1) is 8.72. The number of halogens is 1. The van der Waals surface area contributed by atoms with Gasteiger partial charge >= 0.3 is 0 Å². The largest absolute Gasteiger partial charge is 0.411 e. The average Bonchev–Trinajstić information content (AvgIpc) is 2.44. The van der Waals surface area contributed by atoms with Gasteiger partial charge in [-0.25, -0.2) is 0 Å². The van der Waals surface area contributed by atoms with Crippen LogP contribution < -0.4 is 0 Å². The molecule has 0 saturated carbocycles. The molecule has 0 spiro atoms. The van der Waals surface area contributed by atoms with Crippen molar-refractivity contribution in [3.8, 4) is 0 Å². The van der Waals surface area contributed by atoms with Crippen LogP contribution in [0.3, 0.4) is 0 Å². The number of thiophene rings is 1. The van der Waals surface area contributed by atoms with Gasteiger partial charge in [-0.05, 0) is 22.0 Å². The number of nitrogens with zero attached hydrogens (tertiary/aromatic N) is 1. The van der Waals surface area contributed by atoms with Crippen molar-refractivity contribution in [1.82, 2.24) is 0 Å². The molecule has 0 atom stereocenters. The zero-order valence-corrected chi connectivity index (χ0v) is 8.97. The predicted molar refractivity (Wildman–Crippen MR) is 58.9 cm³/mol. The Labute approximate surface area is 87.6 Å². The van der Waals surface area contributed by atoms with Gasteiger partial charge in [0, 0.05) is 15.6 Å². The lowest BCUT2D eigenvalue weighted by Gasteiger charge is -1.89. The van der Waals surface area contributed by atoms with Gasteiger partial charge in [0.25, 0.3) is 0 Å². The number of hydrogen-bond acceptors (Lipinski definition) is 3. The Kier molecular flexibility index (Phi) is 2.33. The maximum atomic E-state index is 8.48. The van der Waals surface area contributed by atoms with E-state index in [1.807, 2.05) is 24.3 Å². The molecule has 2 rings (SSSR count). The smallest absolute Gasteiger partial charge is 0.0800 e. The highest BCUT2D eigenvalue weighted by Crippen LogP contribution is 2.33. The Balaban J connectivity index is 2.78. The van der Waals surface area contributed by atoms with Crippen LogP contribution in [0, 0.1) is 0 Å². The fraction of sp³-hybridized carbons (Fsp3) is 0. The van der Waals surface area contributed by atoms with E-state index in [1.54, 1.807) is 11.3 Å². The van der Waals surface area contributed by atoms with Crippen molar-refractivity contribution in [3.05, 3.63) is 33.6 Å². The molecule has 2 nitrogen and oxygen atoms in total. The van der Waals surface area contributed by atoms with Gasteiger partial charge in [0.1, 0.15) is 0 Å². The van der Waals surface area contributed by atoms with Gasteiger partial charge in [-0.2, -0.15) is 0 Å². The first-order valence-electron chi connectivity index (χ1n) is 3.67. The molecular formula is C9H6BrNOS. The highest BCUT2D eigenvalue weighted by atomic mass is 79.9. The van der Waals surface area contributed by atoms with Crippen LogP contribution in [0.1, 0.15) is 5.56 Å². The third-order valence-electron chi connectivity index (χ3n) is 1.78. The number of fused-ring (bicyclic) bond motifs is 1. The Bertz CT molecular complexity index is 464. The van der Waals surface area contributed by atoms with Gasteiger partial charge in [-0.1, -0.05) is 23.4 Å². The summed E-state index contributed by atoms with van der Waals surface area (Å²) in [7, 11) is 0. The molecule has 0 aliphatic carbocycles. The SMILES string of the molecule is O/N=C/c1c(Br)sc2ccccc12. The van der Waals surface area contributed by atoms with Crippen molar-refractivity contribution in [3.63, 3.8) is 0 Å². The fourth-order valence-electron chi connectivity index (χ4n) is 1.21. The molecule has 1 aromatic heterocycles. The summed E-state index contributed by atoms with van der Waals surface area (Å²) in [5.74, 6) is 0. The molecule has 0 unspecified atom stereocenters. The highest BCUT2D eigenvalue weighted by molar-refractivity contribution is 9.11. The van der Waals surface area contributed by atoms with E-state index in [9.17, 15) is 0 Å². The van der Waals surface area contributed by atoms with Crippen molar-refractivity contribution in [2.45, 2.75) is 0 Å². The normalized spacial score (nSPS) is 11.5. The Hall–Kier alpha value is -0.870. The maximum absolute atomic E-state index is 8.48. The molecule has 4 heteroatoms. The van der Waals surface area contributed by atoms with E-state index < -0.39 is 0 Å². The molecule has 1 N–H and O–H groups in total. The summed E-state index contributed by atoms with van der Waals surface area (Å²) in [5.41, 5.74) is 0.933. The van der Waals surface area contributed by atoms with E-state index in [0.717, 1.165) is 14.7 Å². The van der Waals surface area contributed by atoms with Crippen LogP contribution >= 0.6 is 27.3 Å². The van der Waals surface area contributed by atoms with Crippen LogP contribution in [0.2, 0.25) is 0 Å². The molecular weight excluding hydrogens is 250 g/mol. The second-order valence-corrected chi connectivity index (χ2v) is 4.90. The summed E-state index contributed by atoms with van der Waals surface area (Å²) < 4.78 is 2.18. The summed E-state index contributed by atoms with van der Waals surface area (Å²) >= 11 is 5.06. The molecule has 0 fully saturated rings. The average molecular weight is 256 g/mol. The van der Waals surface area contributed by atoms with Gasteiger partial charge in [-0.3, -0.25) is 0 Å². The second-order valence-electron chi connectivity index (χ2n) is 2.53.